The van der Waals surface area contributed by atoms with Gasteiger partial charge in [0.1, 0.15) is 5.69 Å². The molecule has 0 spiro atoms. The third kappa shape index (κ3) is 2.76. The van der Waals surface area contributed by atoms with E-state index in [2.05, 4.69) is 22.3 Å². The highest BCUT2D eigenvalue weighted by molar-refractivity contribution is 4.89. The molecule has 2 rings (SSSR count). The molecule has 0 aromatic carbocycles. The first-order valence-electron chi connectivity index (χ1n) is 5.46. The van der Waals surface area contributed by atoms with Crippen LogP contribution in [0.1, 0.15) is 18.5 Å². The van der Waals surface area contributed by atoms with Gasteiger partial charge >= 0.3 is 0 Å². The van der Waals surface area contributed by atoms with E-state index >= 15 is 0 Å². The van der Waals surface area contributed by atoms with Gasteiger partial charge in [-0.05, 0) is 32.4 Å². The number of hydrogen-bond donors (Lipinski definition) is 1. The van der Waals surface area contributed by atoms with Crippen molar-refractivity contribution in [3.63, 3.8) is 0 Å². The van der Waals surface area contributed by atoms with Crippen molar-refractivity contribution in [3.05, 3.63) is 11.9 Å². The molecule has 2 heterocycles. The number of aliphatic hydroxyl groups is 1. The second-order valence-electron chi connectivity index (χ2n) is 4.36. The van der Waals surface area contributed by atoms with E-state index in [1.54, 1.807) is 0 Å². The molecule has 1 N–H and O–H groups in total. The summed E-state index contributed by atoms with van der Waals surface area (Å²) < 4.78 is 1.84. The van der Waals surface area contributed by atoms with Crippen LogP contribution in [0.5, 0.6) is 0 Å². The maximum absolute atomic E-state index is 8.87. The predicted molar refractivity (Wildman–Crippen MR) is 56.2 cm³/mol. The number of aromatic nitrogens is 3. The highest BCUT2D eigenvalue weighted by Gasteiger charge is 2.17. The van der Waals surface area contributed by atoms with Crippen molar-refractivity contribution < 1.29 is 5.11 Å². The summed E-state index contributed by atoms with van der Waals surface area (Å²) in [7, 11) is 2.16. The Morgan fingerprint density at radius 1 is 1.60 bits per heavy atom. The highest BCUT2D eigenvalue weighted by Crippen LogP contribution is 2.16. The molecule has 1 aromatic heterocycles. The lowest BCUT2D eigenvalue weighted by Gasteiger charge is -2.29. The minimum atomic E-state index is -0.0232. The largest absolute Gasteiger partial charge is 0.390 e. The third-order valence-corrected chi connectivity index (χ3v) is 2.92. The number of aliphatic hydroxyl groups excluding tert-OH is 1. The molecule has 15 heavy (non-hydrogen) atoms. The SMILES string of the molecule is CN1CCC[C@@H](Cn2cc(CO)nn2)C1. The Bertz CT molecular complexity index is 312. The number of hydrogen-bond acceptors (Lipinski definition) is 4. The van der Waals surface area contributed by atoms with Crippen molar-refractivity contribution in [3.8, 4) is 0 Å². The Labute approximate surface area is 89.7 Å². The first-order valence-corrected chi connectivity index (χ1v) is 5.46. The van der Waals surface area contributed by atoms with Gasteiger partial charge in [-0.3, -0.25) is 4.68 Å². The third-order valence-electron chi connectivity index (χ3n) is 2.92. The second kappa shape index (κ2) is 4.72. The molecule has 0 saturated carbocycles. The van der Waals surface area contributed by atoms with E-state index in [4.69, 9.17) is 5.11 Å². The number of nitrogens with zero attached hydrogens (tertiary/aromatic N) is 4. The maximum Gasteiger partial charge on any atom is 0.108 e. The van der Waals surface area contributed by atoms with Gasteiger partial charge in [0.15, 0.2) is 0 Å². The van der Waals surface area contributed by atoms with Gasteiger partial charge in [-0.1, -0.05) is 5.21 Å². The van der Waals surface area contributed by atoms with Crippen LogP contribution in [0.3, 0.4) is 0 Å². The molecule has 5 nitrogen and oxygen atoms in total. The topological polar surface area (TPSA) is 54.2 Å². The Morgan fingerprint density at radius 2 is 2.47 bits per heavy atom. The van der Waals surface area contributed by atoms with E-state index in [1.165, 1.54) is 19.4 Å². The fraction of sp³-hybridized carbons (Fsp3) is 0.800. The molecule has 0 bridgehead atoms. The van der Waals surface area contributed by atoms with Crippen LogP contribution < -0.4 is 0 Å². The minimum absolute atomic E-state index is 0.0232. The molecule has 84 valence electrons. The summed E-state index contributed by atoms with van der Waals surface area (Å²) in [6, 6.07) is 0. The Balaban J connectivity index is 1.90. The Morgan fingerprint density at radius 3 is 3.13 bits per heavy atom. The van der Waals surface area contributed by atoms with E-state index in [0.29, 0.717) is 11.6 Å². The zero-order valence-electron chi connectivity index (χ0n) is 9.13. The lowest BCUT2D eigenvalue weighted by Crippen LogP contribution is -2.34. The average Bonchev–Trinajstić information content (AvgIpc) is 2.65. The van der Waals surface area contributed by atoms with Gasteiger partial charge in [-0.2, -0.15) is 0 Å². The molecule has 1 aliphatic heterocycles. The van der Waals surface area contributed by atoms with Gasteiger partial charge in [-0.15, -0.1) is 5.10 Å². The number of rotatable bonds is 3. The standard InChI is InChI=1S/C10H18N4O/c1-13-4-2-3-9(5-13)6-14-7-10(8-15)11-12-14/h7,9,15H,2-6,8H2,1H3/t9-/m1/s1. The van der Waals surface area contributed by atoms with Crippen LogP contribution in [0, 0.1) is 5.92 Å². The van der Waals surface area contributed by atoms with Gasteiger partial charge < -0.3 is 10.0 Å². The maximum atomic E-state index is 8.87. The molecule has 0 radical (unpaired) electrons. The first kappa shape index (κ1) is 10.6. The fourth-order valence-electron chi connectivity index (χ4n) is 2.19. The van der Waals surface area contributed by atoms with E-state index in [1.807, 2.05) is 10.9 Å². The van der Waals surface area contributed by atoms with Crippen LogP contribution in [-0.2, 0) is 13.2 Å². The van der Waals surface area contributed by atoms with Gasteiger partial charge in [0, 0.05) is 13.1 Å². The quantitative estimate of drug-likeness (QED) is 0.769. The van der Waals surface area contributed by atoms with Gasteiger partial charge in [0.05, 0.1) is 12.8 Å². The van der Waals surface area contributed by atoms with Gasteiger partial charge in [-0.25, -0.2) is 0 Å². The van der Waals surface area contributed by atoms with E-state index in [0.717, 1.165) is 13.1 Å². The minimum Gasteiger partial charge on any atom is -0.390 e. The summed E-state index contributed by atoms with van der Waals surface area (Å²) in [5.74, 6) is 0.664. The van der Waals surface area contributed by atoms with Crippen LogP contribution in [-0.4, -0.2) is 45.1 Å². The summed E-state index contributed by atoms with van der Waals surface area (Å²) >= 11 is 0. The van der Waals surface area contributed by atoms with Crippen LogP contribution in [0.25, 0.3) is 0 Å². The monoisotopic (exact) mass is 210 g/mol. The second-order valence-corrected chi connectivity index (χ2v) is 4.36. The number of piperidine rings is 1. The van der Waals surface area contributed by atoms with Crippen molar-refractivity contribution in [2.45, 2.75) is 26.0 Å². The molecule has 1 atom stereocenters. The van der Waals surface area contributed by atoms with Crippen LogP contribution >= 0.6 is 0 Å². The molecular formula is C10H18N4O. The van der Waals surface area contributed by atoms with Crippen molar-refractivity contribution in [1.82, 2.24) is 19.9 Å². The molecule has 5 heteroatoms. The summed E-state index contributed by atoms with van der Waals surface area (Å²) in [5.41, 5.74) is 0.652. The molecule has 0 amide bonds. The Hall–Kier alpha value is -0.940. The molecular weight excluding hydrogens is 192 g/mol. The summed E-state index contributed by atoms with van der Waals surface area (Å²) in [5, 5.41) is 16.7. The van der Waals surface area contributed by atoms with Crippen LogP contribution in [0.2, 0.25) is 0 Å². The molecule has 0 unspecified atom stereocenters. The van der Waals surface area contributed by atoms with Crippen molar-refractivity contribution in [2.24, 2.45) is 5.92 Å². The predicted octanol–water partition coefficient (Wildman–Crippen LogP) is 0.112. The van der Waals surface area contributed by atoms with Crippen LogP contribution in [0.15, 0.2) is 6.20 Å². The zero-order valence-corrected chi connectivity index (χ0v) is 9.13. The smallest absolute Gasteiger partial charge is 0.108 e. The lowest BCUT2D eigenvalue weighted by atomic mass is 9.99. The first-order chi connectivity index (χ1) is 7.28. The van der Waals surface area contributed by atoms with Gasteiger partial charge in [0.2, 0.25) is 0 Å². The van der Waals surface area contributed by atoms with Crippen molar-refractivity contribution >= 4 is 0 Å². The lowest BCUT2D eigenvalue weighted by molar-refractivity contribution is 0.190. The van der Waals surface area contributed by atoms with Crippen LogP contribution in [0.4, 0.5) is 0 Å². The van der Waals surface area contributed by atoms with E-state index < -0.39 is 0 Å². The molecule has 0 aliphatic carbocycles. The summed E-state index contributed by atoms with van der Waals surface area (Å²) in [6.45, 7) is 3.23. The van der Waals surface area contributed by atoms with Crippen molar-refractivity contribution in [1.29, 1.82) is 0 Å². The average molecular weight is 210 g/mol. The highest BCUT2D eigenvalue weighted by atomic mass is 16.3. The molecule has 1 fully saturated rings. The molecule has 1 aliphatic rings. The fourth-order valence-corrected chi connectivity index (χ4v) is 2.19. The zero-order chi connectivity index (χ0) is 10.7. The van der Waals surface area contributed by atoms with E-state index in [9.17, 15) is 0 Å². The Kier molecular flexibility index (Phi) is 3.33. The summed E-state index contributed by atoms with van der Waals surface area (Å²) in [4.78, 5) is 2.36. The molecule has 1 saturated heterocycles. The summed E-state index contributed by atoms with van der Waals surface area (Å²) in [6.07, 6.45) is 4.36. The van der Waals surface area contributed by atoms with E-state index in [-0.39, 0.29) is 6.61 Å². The molecule has 1 aromatic rings. The number of likely N-dealkylation sites (tertiary alicyclic amines) is 1. The van der Waals surface area contributed by atoms with Gasteiger partial charge in [0.25, 0.3) is 0 Å². The van der Waals surface area contributed by atoms with Crippen molar-refractivity contribution in [2.75, 3.05) is 20.1 Å². The normalized spacial score (nSPS) is 23.2.